The van der Waals surface area contributed by atoms with E-state index in [2.05, 4.69) is 10.2 Å². The Kier molecular flexibility index (Phi) is 5.81. The molecule has 0 aromatic heterocycles. The summed E-state index contributed by atoms with van der Waals surface area (Å²) in [5.41, 5.74) is 0.891. The number of ether oxygens (including phenoxy) is 1. The lowest BCUT2D eigenvalue weighted by Crippen LogP contribution is -2.39. The van der Waals surface area contributed by atoms with Crippen LogP contribution in [-0.4, -0.2) is 37.1 Å². The summed E-state index contributed by atoms with van der Waals surface area (Å²) in [6.45, 7) is 1.36. The number of non-ortho nitro benzene ring substituents is 1. The van der Waals surface area contributed by atoms with E-state index in [4.69, 9.17) is 16.3 Å². The zero-order valence-corrected chi connectivity index (χ0v) is 15.6. The van der Waals surface area contributed by atoms with Crippen molar-refractivity contribution in [2.45, 2.75) is 18.9 Å². The first-order chi connectivity index (χ1) is 13.0. The predicted octanol–water partition coefficient (Wildman–Crippen LogP) is 3.66. The van der Waals surface area contributed by atoms with Gasteiger partial charge in [0.05, 0.1) is 21.2 Å². The number of piperidine rings is 1. The standard InChI is InChI=1S/C19H20ClN3O4/c1-21-19(24)15-12-13(23(25)26)6-7-17(15)22-10-8-14(9-11-22)27-18-5-3-2-4-16(18)20/h2-7,12,14H,8-11H2,1H3,(H,21,24). The van der Waals surface area contributed by atoms with Crippen LogP contribution >= 0.6 is 11.6 Å². The molecule has 1 fully saturated rings. The molecule has 2 aromatic carbocycles. The maximum absolute atomic E-state index is 12.2. The number of amides is 1. The summed E-state index contributed by atoms with van der Waals surface area (Å²) >= 11 is 6.15. The third-order valence-electron chi connectivity index (χ3n) is 4.58. The molecule has 27 heavy (non-hydrogen) atoms. The van der Waals surface area contributed by atoms with Crippen LogP contribution in [0.25, 0.3) is 0 Å². The second-order valence-corrected chi connectivity index (χ2v) is 6.68. The first kappa shape index (κ1) is 19.0. The fraction of sp³-hybridized carbons (Fsp3) is 0.316. The maximum atomic E-state index is 12.2. The highest BCUT2D eigenvalue weighted by Gasteiger charge is 2.25. The Morgan fingerprint density at radius 3 is 2.59 bits per heavy atom. The number of carbonyl (C=O) groups is 1. The Morgan fingerprint density at radius 2 is 1.96 bits per heavy atom. The molecule has 0 radical (unpaired) electrons. The van der Waals surface area contributed by atoms with Crippen molar-refractivity contribution in [3.8, 4) is 5.75 Å². The number of hydrogen-bond donors (Lipinski definition) is 1. The molecule has 1 N–H and O–H groups in total. The quantitative estimate of drug-likeness (QED) is 0.623. The van der Waals surface area contributed by atoms with Crippen molar-refractivity contribution in [2.24, 2.45) is 0 Å². The predicted molar refractivity (Wildman–Crippen MR) is 104 cm³/mol. The molecule has 1 saturated heterocycles. The summed E-state index contributed by atoms with van der Waals surface area (Å²) in [7, 11) is 1.51. The first-order valence-electron chi connectivity index (χ1n) is 8.66. The number of para-hydroxylation sites is 1. The van der Waals surface area contributed by atoms with Crippen LogP contribution in [0, 0.1) is 10.1 Å². The van der Waals surface area contributed by atoms with Gasteiger partial charge in [-0.05, 0) is 18.2 Å². The van der Waals surface area contributed by atoms with Gasteiger partial charge in [-0.1, -0.05) is 23.7 Å². The van der Waals surface area contributed by atoms with Crippen LogP contribution in [0.2, 0.25) is 5.02 Å². The largest absolute Gasteiger partial charge is 0.489 e. The van der Waals surface area contributed by atoms with Crippen LogP contribution in [0.4, 0.5) is 11.4 Å². The first-order valence-corrected chi connectivity index (χ1v) is 9.04. The van der Waals surface area contributed by atoms with Gasteiger partial charge in [-0.15, -0.1) is 0 Å². The molecule has 1 heterocycles. The van der Waals surface area contributed by atoms with Gasteiger partial charge in [0, 0.05) is 45.1 Å². The minimum Gasteiger partial charge on any atom is -0.489 e. The molecular weight excluding hydrogens is 370 g/mol. The van der Waals surface area contributed by atoms with Gasteiger partial charge < -0.3 is 15.0 Å². The molecule has 0 aliphatic carbocycles. The van der Waals surface area contributed by atoms with Crippen LogP contribution in [0.1, 0.15) is 23.2 Å². The van der Waals surface area contributed by atoms with Gasteiger partial charge in [-0.25, -0.2) is 0 Å². The number of rotatable bonds is 5. The molecule has 1 aliphatic heterocycles. The Hall–Kier alpha value is -2.80. The van der Waals surface area contributed by atoms with Crippen molar-refractivity contribution in [1.29, 1.82) is 0 Å². The molecule has 0 saturated carbocycles. The molecule has 0 unspecified atom stereocenters. The fourth-order valence-corrected chi connectivity index (χ4v) is 3.34. The minimum atomic E-state index is -0.500. The SMILES string of the molecule is CNC(=O)c1cc([N+](=O)[O-])ccc1N1CCC(Oc2ccccc2Cl)CC1. The van der Waals surface area contributed by atoms with Crippen LogP contribution < -0.4 is 15.0 Å². The topological polar surface area (TPSA) is 84.7 Å². The average Bonchev–Trinajstić information content (AvgIpc) is 2.69. The monoisotopic (exact) mass is 389 g/mol. The van der Waals surface area contributed by atoms with Gasteiger partial charge in [0.15, 0.2) is 0 Å². The zero-order valence-electron chi connectivity index (χ0n) is 14.9. The van der Waals surface area contributed by atoms with E-state index < -0.39 is 4.92 Å². The Labute approximate surface area is 162 Å². The van der Waals surface area contributed by atoms with E-state index in [1.54, 1.807) is 12.1 Å². The summed E-state index contributed by atoms with van der Waals surface area (Å²) in [5, 5.41) is 14.2. The number of anilines is 1. The molecule has 3 rings (SSSR count). The van der Waals surface area contributed by atoms with Crippen molar-refractivity contribution >= 4 is 28.9 Å². The van der Waals surface area contributed by atoms with Gasteiger partial charge in [0.2, 0.25) is 0 Å². The Morgan fingerprint density at radius 1 is 1.26 bits per heavy atom. The van der Waals surface area contributed by atoms with Gasteiger partial charge in [0.25, 0.3) is 11.6 Å². The van der Waals surface area contributed by atoms with E-state index in [1.165, 1.54) is 19.2 Å². The average molecular weight is 390 g/mol. The van der Waals surface area contributed by atoms with E-state index in [0.717, 1.165) is 12.8 Å². The van der Waals surface area contributed by atoms with Crippen molar-refractivity contribution in [2.75, 3.05) is 25.0 Å². The van der Waals surface area contributed by atoms with Crippen LogP contribution in [0.3, 0.4) is 0 Å². The second kappa shape index (κ2) is 8.26. The fourth-order valence-electron chi connectivity index (χ4n) is 3.16. The van der Waals surface area contributed by atoms with Gasteiger partial charge >= 0.3 is 0 Å². The van der Waals surface area contributed by atoms with Crippen molar-refractivity contribution in [3.63, 3.8) is 0 Å². The Bertz CT molecular complexity index is 851. The van der Waals surface area contributed by atoms with E-state index >= 15 is 0 Å². The lowest BCUT2D eigenvalue weighted by atomic mass is 10.0. The molecule has 0 spiro atoms. The number of nitro groups is 1. The molecule has 2 aromatic rings. The second-order valence-electron chi connectivity index (χ2n) is 6.27. The minimum absolute atomic E-state index is 0.0302. The highest BCUT2D eigenvalue weighted by atomic mass is 35.5. The number of nitro benzene ring substituents is 1. The number of nitrogens with zero attached hydrogens (tertiary/aromatic N) is 2. The van der Waals surface area contributed by atoms with E-state index in [-0.39, 0.29) is 17.7 Å². The number of carbonyl (C=O) groups excluding carboxylic acids is 1. The van der Waals surface area contributed by atoms with Crippen LogP contribution in [-0.2, 0) is 0 Å². The summed E-state index contributed by atoms with van der Waals surface area (Å²) in [4.78, 5) is 24.8. The lowest BCUT2D eigenvalue weighted by Gasteiger charge is -2.34. The van der Waals surface area contributed by atoms with Crippen molar-refractivity contribution in [1.82, 2.24) is 5.32 Å². The summed E-state index contributed by atoms with van der Waals surface area (Å²) in [6.07, 6.45) is 1.55. The van der Waals surface area contributed by atoms with Crippen molar-refractivity contribution < 1.29 is 14.5 Å². The van der Waals surface area contributed by atoms with Crippen molar-refractivity contribution in [3.05, 3.63) is 63.2 Å². The van der Waals surface area contributed by atoms with E-state index in [1.807, 2.05) is 18.2 Å². The smallest absolute Gasteiger partial charge is 0.270 e. The molecule has 7 nitrogen and oxygen atoms in total. The normalized spacial score (nSPS) is 14.7. The zero-order chi connectivity index (χ0) is 19.4. The number of nitrogens with one attached hydrogen (secondary N) is 1. The molecule has 0 bridgehead atoms. The van der Waals surface area contributed by atoms with Gasteiger partial charge in [0.1, 0.15) is 11.9 Å². The van der Waals surface area contributed by atoms with Gasteiger partial charge in [-0.3, -0.25) is 14.9 Å². The van der Waals surface area contributed by atoms with E-state index in [9.17, 15) is 14.9 Å². The Balaban J connectivity index is 1.73. The maximum Gasteiger partial charge on any atom is 0.270 e. The lowest BCUT2D eigenvalue weighted by molar-refractivity contribution is -0.384. The highest BCUT2D eigenvalue weighted by Crippen LogP contribution is 2.30. The molecule has 142 valence electrons. The molecule has 0 atom stereocenters. The third kappa shape index (κ3) is 4.31. The molecule has 8 heteroatoms. The number of halogens is 1. The molecule has 1 amide bonds. The third-order valence-corrected chi connectivity index (χ3v) is 4.89. The number of hydrogen-bond acceptors (Lipinski definition) is 5. The summed E-state index contributed by atoms with van der Waals surface area (Å²) in [5.74, 6) is 0.321. The van der Waals surface area contributed by atoms with Gasteiger partial charge in [-0.2, -0.15) is 0 Å². The summed E-state index contributed by atoms with van der Waals surface area (Å²) in [6, 6.07) is 11.7. The van der Waals surface area contributed by atoms with E-state index in [0.29, 0.717) is 35.1 Å². The van der Waals surface area contributed by atoms with Crippen LogP contribution in [0.5, 0.6) is 5.75 Å². The summed E-state index contributed by atoms with van der Waals surface area (Å²) < 4.78 is 5.99. The molecular formula is C19H20ClN3O4. The number of benzene rings is 2. The highest BCUT2D eigenvalue weighted by molar-refractivity contribution is 6.32. The molecule has 1 aliphatic rings. The van der Waals surface area contributed by atoms with Crippen LogP contribution in [0.15, 0.2) is 42.5 Å².